The number of hydrogen-bond acceptors (Lipinski definition) is 2. The minimum Gasteiger partial charge on any atom is -0.308 e. The molecular formula is C9H12BrNS. The van der Waals surface area contributed by atoms with Crippen molar-refractivity contribution in [2.45, 2.75) is 13.5 Å². The molecule has 0 aromatic carbocycles. The van der Waals surface area contributed by atoms with Crippen LogP contribution in [0.2, 0.25) is 0 Å². The number of hydrogen-bond donors (Lipinski definition) is 1. The van der Waals surface area contributed by atoms with Crippen LogP contribution in [-0.2, 0) is 6.54 Å². The van der Waals surface area contributed by atoms with Crippen molar-refractivity contribution in [3.05, 3.63) is 32.9 Å². The van der Waals surface area contributed by atoms with E-state index in [0.717, 1.165) is 13.1 Å². The minimum atomic E-state index is 0.898. The zero-order valence-electron chi connectivity index (χ0n) is 7.06. The molecule has 0 aliphatic heterocycles. The molecule has 0 radical (unpaired) electrons. The van der Waals surface area contributed by atoms with Gasteiger partial charge in [0.15, 0.2) is 0 Å². The van der Waals surface area contributed by atoms with Crippen molar-refractivity contribution in [2.24, 2.45) is 0 Å². The highest BCUT2D eigenvalue weighted by Gasteiger charge is 1.95. The lowest BCUT2D eigenvalue weighted by Gasteiger charge is -2.00. The average Bonchev–Trinajstić information content (AvgIpc) is 2.35. The summed E-state index contributed by atoms with van der Waals surface area (Å²) in [5.74, 6) is 0. The maximum Gasteiger partial charge on any atom is 0.0303 e. The van der Waals surface area contributed by atoms with Crippen molar-refractivity contribution in [3.8, 4) is 0 Å². The fourth-order valence-electron chi connectivity index (χ4n) is 0.846. The summed E-state index contributed by atoms with van der Waals surface area (Å²) < 4.78 is 1.17. The fourth-order valence-corrected chi connectivity index (χ4v) is 2.27. The predicted octanol–water partition coefficient (Wildman–Crippen LogP) is 3.18. The Morgan fingerprint density at radius 1 is 1.75 bits per heavy atom. The molecule has 0 fully saturated rings. The molecule has 66 valence electrons. The van der Waals surface area contributed by atoms with E-state index in [4.69, 9.17) is 0 Å². The van der Waals surface area contributed by atoms with Crippen LogP contribution in [0.3, 0.4) is 0 Å². The van der Waals surface area contributed by atoms with Gasteiger partial charge in [-0.2, -0.15) is 0 Å². The third-order valence-electron chi connectivity index (χ3n) is 1.35. The van der Waals surface area contributed by atoms with Gasteiger partial charge in [0.25, 0.3) is 0 Å². The molecule has 0 saturated heterocycles. The van der Waals surface area contributed by atoms with Crippen LogP contribution in [-0.4, -0.2) is 6.54 Å². The van der Waals surface area contributed by atoms with Crippen molar-refractivity contribution in [2.75, 3.05) is 6.54 Å². The van der Waals surface area contributed by atoms with Crippen molar-refractivity contribution in [3.63, 3.8) is 0 Å². The Labute approximate surface area is 85.6 Å². The van der Waals surface area contributed by atoms with Gasteiger partial charge in [-0.15, -0.1) is 11.3 Å². The highest BCUT2D eigenvalue weighted by atomic mass is 79.9. The summed E-state index contributed by atoms with van der Waals surface area (Å²) in [6, 6.07) is 2.14. The molecule has 0 aliphatic carbocycles. The van der Waals surface area contributed by atoms with Crippen LogP contribution in [0.15, 0.2) is 28.1 Å². The van der Waals surface area contributed by atoms with Crippen molar-refractivity contribution < 1.29 is 0 Å². The minimum absolute atomic E-state index is 0.898. The SMILES string of the molecule is C=C(C)CNCc1cc(Br)cs1. The second kappa shape index (κ2) is 4.80. The van der Waals surface area contributed by atoms with Crippen LogP contribution in [0.1, 0.15) is 11.8 Å². The number of halogens is 1. The molecule has 1 nitrogen and oxygen atoms in total. The summed E-state index contributed by atoms with van der Waals surface area (Å²) >= 11 is 5.18. The van der Waals surface area contributed by atoms with Gasteiger partial charge in [0, 0.05) is 27.8 Å². The van der Waals surface area contributed by atoms with Crippen LogP contribution in [0, 0.1) is 0 Å². The molecule has 1 N–H and O–H groups in total. The van der Waals surface area contributed by atoms with Gasteiger partial charge in [-0.25, -0.2) is 0 Å². The highest BCUT2D eigenvalue weighted by Crippen LogP contribution is 2.19. The summed E-state index contributed by atoms with van der Waals surface area (Å²) in [5.41, 5.74) is 1.17. The smallest absolute Gasteiger partial charge is 0.0303 e. The lowest BCUT2D eigenvalue weighted by Crippen LogP contribution is -2.14. The molecule has 0 atom stereocenters. The van der Waals surface area contributed by atoms with Gasteiger partial charge < -0.3 is 5.32 Å². The van der Waals surface area contributed by atoms with E-state index in [1.54, 1.807) is 11.3 Å². The zero-order chi connectivity index (χ0) is 8.97. The van der Waals surface area contributed by atoms with Gasteiger partial charge >= 0.3 is 0 Å². The van der Waals surface area contributed by atoms with E-state index in [-0.39, 0.29) is 0 Å². The first-order valence-corrected chi connectivity index (χ1v) is 5.44. The van der Waals surface area contributed by atoms with E-state index in [9.17, 15) is 0 Å². The van der Waals surface area contributed by atoms with Crippen LogP contribution < -0.4 is 5.32 Å². The van der Waals surface area contributed by atoms with Crippen LogP contribution in [0.5, 0.6) is 0 Å². The first-order valence-electron chi connectivity index (χ1n) is 3.76. The molecule has 0 saturated carbocycles. The molecule has 1 rings (SSSR count). The highest BCUT2D eigenvalue weighted by molar-refractivity contribution is 9.10. The Morgan fingerprint density at radius 2 is 2.50 bits per heavy atom. The molecule has 1 heterocycles. The molecule has 0 spiro atoms. The van der Waals surface area contributed by atoms with E-state index < -0.39 is 0 Å². The van der Waals surface area contributed by atoms with Gasteiger partial charge in [0.1, 0.15) is 0 Å². The summed E-state index contributed by atoms with van der Waals surface area (Å²) in [6.45, 7) is 7.68. The van der Waals surface area contributed by atoms with E-state index in [0.29, 0.717) is 0 Å². The fraction of sp³-hybridized carbons (Fsp3) is 0.333. The third-order valence-corrected chi connectivity index (χ3v) is 3.05. The Balaban J connectivity index is 2.29. The van der Waals surface area contributed by atoms with Gasteiger partial charge in [-0.05, 0) is 28.9 Å². The Kier molecular flexibility index (Phi) is 3.98. The van der Waals surface area contributed by atoms with Crippen molar-refractivity contribution in [1.29, 1.82) is 0 Å². The molecule has 0 aliphatic rings. The Morgan fingerprint density at radius 3 is 3.00 bits per heavy atom. The van der Waals surface area contributed by atoms with Gasteiger partial charge in [-0.1, -0.05) is 12.2 Å². The van der Waals surface area contributed by atoms with E-state index in [1.807, 2.05) is 6.92 Å². The number of thiophene rings is 1. The molecular weight excluding hydrogens is 234 g/mol. The van der Waals surface area contributed by atoms with Crippen LogP contribution >= 0.6 is 27.3 Å². The lowest BCUT2D eigenvalue weighted by atomic mass is 10.3. The molecule has 0 unspecified atom stereocenters. The largest absolute Gasteiger partial charge is 0.308 e. The third kappa shape index (κ3) is 3.52. The topological polar surface area (TPSA) is 12.0 Å². The summed E-state index contributed by atoms with van der Waals surface area (Å²) in [4.78, 5) is 1.35. The molecule has 0 bridgehead atoms. The van der Waals surface area contributed by atoms with E-state index >= 15 is 0 Å². The summed E-state index contributed by atoms with van der Waals surface area (Å²) in [6.07, 6.45) is 0. The Hall–Kier alpha value is -0.120. The van der Waals surface area contributed by atoms with Gasteiger partial charge in [0.2, 0.25) is 0 Å². The maximum atomic E-state index is 3.82. The van der Waals surface area contributed by atoms with Gasteiger partial charge in [-0.3, -0.25) is 0 Å². The first kappa shape index (κ1) is 9.96. The van der Waals surface area contributed by atoms with E-state index in [1.165, 1.54) is 14.9 Å². The molecule has 1 aromatic rings. The normalized spacial score (nSPS) is 10.2. The maximum absolute atomic E-state index is 3.82. The van der Waals surface area contributed by atoms with Crippen LogP contribution in [0.4, 0.5) is 0 Å². The molecule has 12 heavy (non-hydrogen) atoms. The molecule has 1 aromatic heterocycles. The quantitative estimate of drug-likeness (QED) is 0.804. The summed E-state index contributed by atoms with van der Waals surface area (Å²) in [5, 5.41) is 5.40. The standard InChI is InChI=1S/C9H12BrNS/c1-7(2)4-11-5-9-3-8(10)6-12-9/h3,6,11H,1,4-5H2,2H3. The van der Waals surface area contributed by atoms with Gasteiger partial charge in [0.05, 0.1) is 0 Å². The van der Waals surface area contributed by atoms with E-state index in [2.05, 4.69) is 39.3 Å². The monoisotopic (exact) mass is 245 g/mol. The predicted molar refractivity (Wildman–Crippen MR) is 58.5 cm³/mol. The van der Waals surface area contributed by atoms with Crippen LogP contribution in [0.25, 0.3) is 0 Å². The van der Waals surface area contributed by atoms with Crippen molar-refractivity contribution >= 4 is 27.3 Å². The Bertz CT molecular complexity index is 267. The zero-order valence-corrected chi connectivity index (χ0v) is 9.46. The first-order chi connectivity index (χ1) is 5.68. The average molecular weight is 246 g/mol. The molecule has 3 heteroatoms. The van der Waals surface area contributed by atoms with Crippen molar-refractivity contribution in [1.82, 2.24) is 5.32 Å². The second-order valence-corrected chi connectivity index (χ2v) is 4.70. The second-order valence-electron chi connectivity index (χ2n) is 2.79. The summed E-state index contributed by atoms with van der Waals surface area (Å²) in [7, 11) is 0. The number of rotatable bonds is 4. The lowest BCUT2D eigenvalue weighted by molar-refractivity contribution is 0.750. The number of nitrogens with one attached hydrogen (secondary N) is 1. The molecule has 0 amide bonds.